The van der Waals surface area contributed by atoms with Crippen LogP contribution in [0.4, 0.5) is 4.39 Å². The highest BCUT2D eigenvalue weighted by Crippen LogP contribution is 2.17. The fraction of sp³-hybridized carbons (Fsp3) is 0.533. The molecule has 1 amide bonds. The molecule has 116 valence electrons. The van der Waals surface area contributed by atoms with Gasteiger partial charge in [-0.25, -0.2) is 4.39 Å². The second kappa shape index (κ2) is 7.20. The van der Waals surface area contributed by atoms with E-state index in [4.69, 9.17) is 11.6 Å². The summed E-state index contributed by atoms with van der Waals surface area (Å²) >= 11 is 5.84. The number of hydrogen-bond donors (Lipinski definition) is 0. The molecule has 1 aliphatic rings. The van der Waals surface area contributed by atoms with Crippen LogP contribution in [0.1, 0.15) is 10.4 Å². The van der Waals surface area contributed by atoms with Gasteiger partial charge in [-0.1, -0.05) is 11.6 Å². The number of carbonyl (C=O) groups is 1. The van der Waals surface area contributed by atoms with Gasteiger partial charge in [-0.2, -0.15) is 0 Å². The minimum atomic E-state index is -0.514. The number of piperazine rings is 1. The lowest BCUT2D eigenvalue weighted by molar-refractivity contribution is 0.0625. The zero-order valence-corrected chi connectivity index (χ0v) is 13.2. The summed E-state index contributed by atoms with van der Waals surface area (Å²) in [6.45, 7) is 4.87. The van der Waals surface area contributed by atoms with Crippen LogP contribution in [0.15, 0.2) is 18.2 Å². The zero-order chi connectivity index (χ0) is 15.4. The Hall–Kier alpha value is -1.17. The lowest BCUT2D eigenvalue weighted by Gasteiger charge is -2.35. The Bertz CT molecular complexity index is 502. The number of carbonyl (C=O) groups excluding carboxylic acids is 1. The average molecular weight is 314 g/mol. The Morgan fingerprint density at radius 1 is 1.29 bits per heavy atom. The van der Waals surface area contributed by atoms with E-state index in [0.717, 1.165) is 26.2 Å². The van der Waals surface area contributed by atoms with Gasteiger partial charge in [0.25, 0.3) is 5.91 Å². The quantitative estimate of drug-likeness (QED) is 0.848. The van der Waals surface area contributed by atoms with E-state index in [9.17, 15) is 9.18 Å². The molecule has 1 heterocycles. The molecule has 0 aliphatic carbocycles. The predicted octanol–water partition coefficient (Wildman–Crippen LogP) is 1.80. The molecule has 4 nitrogen and oxygen atoms in total. The summed E-state index contributed by atoms with van der Waals surface area (Å²) in [5.74, 6) is -0.790. The van der Waals surface area contributed by atoms with Crippen LogP contribution in [-0.2, 0) is 0 Å². The second-order valence-corrected chi connectivity index (χ2v) is 6.00. The predicted molar refractivity (Wildman–Crippen MR) is 82.3 cm³/mol. The third-order valence-corrected chi connectivity index (χ3v) is 3.92. The highest BCUT2D eigenvalue weighted by Gasteiger charge is 2.24. The number of halogens is 2. The van der Waals surface area contributed by atoms with Gasteiger partial charge in [-0.05, 0) is 32.3 Å². The summed E-state index contributed by atoms with van der Waals surface area (Å²) in [4.78, 5) is 18.5. The molecule has 1 fully saturated rings. The van der Waals surface area contributed by atoms with Crippen LogP contribution in [-0.4, -0.2) is 74.0 Å². The Labute approximate surface area is 130 Å². The van der Waals surface area contributed by atoms with Crippen molar-refractivity contribution in [2.45, 2.75) is 0 Å². The number of benzene rings is 1. The summed E-state index contributed by atoms with van der Waals surface area (Å²) in [7, 11) is 4.09. The van der Waals surface area contributed by atoms with Crippen molar-refractivity contribution in [1.29, 1.82) is 0 Å². The lowest BCUT2D eigenvalue weighted by atomic mass is 10.1. The van der Waals surface area contributed by atoms with Crippen LogP contribution in [0, 0.1) is 5.82 Å². The highest BCUT2D eigenvalue weighted by atomic mass is 35.5. The van der Waals surface area contributed by atoms with Crippen molar-refractivity contribution in [3.05, 3.63) is 34.6 Å². The fourth-order valence-corrected chi connectivity index (χ4v) is 2.52. The van der Waals surface area contributed by atoms with Crippen LogP contribution in [0.3, 0.4) is 0 Å². The van der Waals surface area contributed by atoms with Gasteiger partial charge in [0.2, 0.25) is 0 Å². The molecule has 0 unspecified atom stereocenters. The van der Waals surface area contributed by atoms with Crippen LogP contribution in [0.5, 0.6) is 0 Å². The molecular weight excluding hydrogens is 293 g/mol. The molecule has 6 heteroatoms. The summed E-state index contributed by atoms with van der Waals surface area (Å²) in [5.41, 5.74) is 0.0595. The van der Waals surface area contributed by atoms with Crippen molar-refractivity contribution in [2.75, 3.05) is 53.4 Å². The molecule has 0 N–H and O–H groups in total. The molecule has 0 spiro atoms. The molecule has 1 saturated heterocycles. The Morgan fingerprint density at radius 3 is 2.57 bits per heavy atom. The highest BCUT2D eigenvalue weighted by molar-refractivity contribution is 6.31. The summed E-state index contributed by atoms with van der Waals surface area (Å²) < 4.78 is 13.7. The molecule has 2 rings (SSSR count). The minimum Gasteiger partial charge on any atom is -0.336 e. The molecule has 0 atom stereocenters. The first kappa shape index (κ1) is 16.2. The van der Waals surface area contributed by atoms with Crippen LogP contribution in [0.2, 0.25) is 5.02 Å². The monoisotopic (exact) mass is 313 g/mol. The van der Waals surface area contributed by atoms with E-state index in [0.29, 0.717) is 18.1 Å². The van der Waals surface area contributed by atoms with E-state index in [1.54, 1.807) is 4.90 Å². The van der Waals surface area contributed by atoms with E-state index < -0.39 is 5.82 Å². The first-order valence-corrected chi connectivity index (χ1v) is 7.46. The van der Waals surface area contributed by atoms with Crippen LogP contribution in [0.25, 0.3) is 0 Å². The second-order valence-electron chi connectivity index (χ2n) is 5.56. The van der Waals surface area contributed by atoms with Crippen molar-refractivity contribution in [1.82, 2.24) is 14.7 Å². The minimum absolute atomic E-state index is 0.0595. The zero-order valence-electron chi connectivity index (χ0n) is 12.5. The van der Waals surface area contributed by atoms with Gasteiger partial charge >= 0.3 is 0 Å². The third-order valence-electron chi connectivity index (χ3n) is 3.68. The largest absolute Gasteiger partial charge is 0.336 e. The van der Waals surface area contributed by atoms with Crippen molar-refractivity contribution >= 4 is 17.5 Å². The standard InChI is InChI=1S/C15H21ClFN3O/c1-18(2)5-6-19-7-9-20(10-8-19)15(21)13-11-12(16)3-4-14(13)17/h3-4,11H,5-10H2,1-2H3. The number of amides is 1. The number of rotatable bonds is 4. The van der Waals surface area contributed by atoms with Gasteiger partial charge in [0.15, 0.2) is 0 Å². The van der Waals surface area contributed by atoms with Gasteiger partial charge in [0.05, 0.1) is 5.56 Å². The van der Waals surface area contributed by atoms with Gasteiger partial charge < -0.3 is 9.80 Å². The first-order valence-electron chi connectivity index (χ1n) is 7.09. The molecular formula is C15H21ClFN3O. The molecule has 0 radical (unpaired) electrons. The number of hydrogen-bond acceptors (Lipinski definition) is 3. The molecule has 1 aromatic rings. The van der Waals surface area contributed by atoms with Gasteiger partial charge in [-0.15, -0.1) is 0 Å². The maximum Gasteiger partial charge on any atom is 0.256 e. The van der Waals surface area contributed by atoms with E-state index in [1.165, 1.54) is 18.2 Å². The Balaban J connectivity index is 1.92. The SMILES string of the molecule is CN(C)CCN1CCN(C(=O)c2cc(Cl)ccc2F)CC1. The Kier molecular flexibility index (Phi) is 5.56. The van der Waals surface area contributed by atoms with Crippen molar-refractivity contribution in [3.63, 3.8) is 0 Å². The van der Waals surface area contributed by atoms with Crippen LogP contribution < -0.4 is 0 Å². The smallest absolute Gasteiger partial charge is 0.256 e. The van der Waals surface area contributed by atoms with E-state index in [2.05, 4.69) is 9.80 Å². The van der Waals surface area contributed by atoms with Crippen molar-refractivity contribution < 1.29 is 9.18 Å². The van der Waals surface area contributed by atoms with Gasteiger partial charge in [-0.3, -0.25) is 9.69 Å². The molecule has 0 aromatic heterocycles. The molecule has 1 aliphatic heterocycles. The van der Waals surface area contributed by atoms with Crippen molar-refractivity contribution in [2.24, 2.45) is 0 Å². The molecule has 0 bridgehead atoms. The van der Waals surface area contributed by atoms with E-state index in [1.807, 2.05) is 14.1 Å². The van der Waals surface area contributed by atoms with Crippen LogP contribution >= 0.6 is 11.6 Å². The topological polar surface area (TPSA) is 26.8 Å². The molecule has 1 aromatic carbocycles. The number of likely N-dealkylation sites (N-methyl/N-ethyl adjacent to an activating group) is 1. The first-order chi connectivity index (χ1) is 9.97. The maximum atomic E-state index is 13.7. The van der Waals surface area contributed by atoms with E-state index in [-0.39, 0.29) is 11.5 Å². The lowest BCUT2D eigenvalue weighted by Crippen LogP contribution is -2.50. The van der Waals surface area contributed by atoms with E-state index >= 15 is 0 Å². The summed E-state index contributed by atoms with van der Waals surface area (Å²) in [5, 5.41) is 0.379. The number of nitrogens with zero attached hydrogens (tertiary/aromatic N) is 3. The fourth-order valence-electron chi connectivity index (χ4n) is 2.35. The van der Waals surface area contributed by atoms with Gasteiger partial charge in [0.1, 0.15) is 5.82 Å². The summed E-state index contributed by atoms with van der Waals surface area (Å²) in [6, 6.07) is 4.09. The Morgan fingerprint density at radius 2 is 1.95 bits per heavy atom. The van der Waals surface area contributed by atoms with Crippen molar-refractivity contribution in [3.8, 4) is 0 Å². The maximum absolute atomic E-state index is 13.7. The average Bonchev–Trinajstić information content (AvgIpc) is 2.47. The third kappa shape index (κ3) is 4.40. The summed E-state index contributed by atoms with van der Waals surface area (Å²) in [6.07, 6.45) is 0. The molecule has 21 heavy (non-hydrogen) atoms. The van der Waals surface area contributed by atoms with Gasteiger partial charge in [0, 0.05) is 44.3 Å². The normalized spacial score (nSPS) is 16.5. The molecule has 0 saturated carbocycles.